The molecule has 6 aromatic rings. The summed E-state index contributed by atoms with van der Waals surface area (Å²) in [4.78, 5) is 31.4. The first-order valence-corrected chi connectivity index (χ1v) is 12.7. The van der Waals surface area contributed by atoms with Gasteiger partial charge in [0.15, 0.2) is 0 Å². The van der Waals surface area contributed by atoms with Crippen LogP contribution < -0.4 is 10.6 Å². The molecule has 0 aliphatic rings. The van der Waals surface area contributed by atoms with E-state index in [1.54, 1.807) is 47.3 Å². The fraction of sp³-hybridized carbons (Fsp3) is 0.0312. The summed E-state index contributed by atoms with van der Waals surface area (Å²) in [6.45, 7) is 1.39. The number of fused-ring (bicyclic) bond motifs is 1. The van der Waals surface area contributed by atoms with E-state index in [2.05, 4.69) is 5.10 Å². The normalized spacial score (nSPS) is 11.2. The molecule has 0 saturated heterocycles. The largest absolute Gasteiger partial charge is 0.273 e. The minimum Gasteiger partial charge on any atom is -0.273 e. The van der Waals surface area contributed by atoms with Gasteiger partial charge in [-0.2, -0.15) is 15.2 Å². The summed E-state index contributed by atoms with van der Waals surface area (Å²) < 4.78 is 3.18. The first-order valence-electron chi connectivity index (χ1n) is 12.7. The van der Waals surface area contributed by atoms with Crippen LogP contribution in [0.3, 0.4) is 0 Å². The molecule has 0 saturated carbocycles. The van der Waals surface area contributed by atoms with Gasteiger partial charge in [0, 0.05) is 24.2 Å². The molecule has 194 valence electrons. The number of benzene rings is 4. The van der Waals surface area contributed by atoms with Crippen molar-refractivity contribution >= 4 is 29.0 Å². The lowest BCUT2D eigenvalue weighted by Crippen LogP contribution is -2.32. The number of nitrogens with zero attached hydrogens (tertiary/aromatic N) is 6. The van der Waals surface area contributed by atoms with Crippen LogP contribution in [-0.4, -0.2) is 31.5 Å². The highest BCUT2D eigenvalue weighted by atomic mass is 16.2. The molecule has 0 unspecified atom stereocenters. The number of carbonyl (C=O) groups excluding carboxylic acids is 1. The van der Waals surface area contributed by atoms with Crippen molar-refractivity contribution in [3.63, 3.8) is 0 Å². The molecular formula is C32H24N6O2. The molecular weight excluding hydrogens is 500 g/mol. The summed E-state index contributed by atoms with van der Waals surface area (Å²) in [5, 5.41) is 11.0. The van der Waals surface area contributed by atoms with Gasteiger partial charge in [0.2, 0.25) is 11.9 Å². The second-order valence-corrected chi connectivity index (χ2v) is 9.06. The Morgan fingerprint density at radius 3 is 2.08 bits per heavy atom. The van der Waals surface area contributed by atoms with Crippen LogP contribution in [0.1, 0.15) is 12.5 Å². The van der Waals surface area contributed by atoms with Crippen LogP contribution in [0.15, 0.2) is 131 Å². The van der Waals surface area contributed by atoms with Crippen molar-refractivity contribution in [2.75, 3.05) is 5.01 Å². The molecule has 8 heteroatoms. The number of aromatic nitrogens is 4. The van der Waals surface area contributed by atoms with E-state index in [4.69, 9.17) is 10.1 Å². The van der Waals surface area contributed by atoms with E-state index in [9.17, 15) is 9.59 Å². The molecule has 2 heterocycles. The maximum atomic E-state index is 13.7. The standard InChI is InChI=1S/C32H24N6O2/c1-23(39)38(32-34-29-20-12-11-19-28(29)31(40)37(32)27-17-9-4-10-18-27)33-21-25-22-36(26-15-7-3-8-16-26)35-30(25)24-13-5-2-6-14-24/h2-22H,1H3. The number of carbonyl (C=O) groups is 1. The number of anilines is 1. The van der Waals surface area contributed by atoms with Crippen molar-refractivity contribution in [3.05, 3.63) is 137 Å². The monoisotopic (exact) mass is 524 g/mol. The molecule has 4 aromatic carbocycles. The van der Waals surface area contributed by atoms with Gasteiger partial charge in [-0.15, -0.1) is 0 Å². The lowest BCUT2D eigenvalue weighted by molar-refractivity contribution is -0.116. The van der Waals surface area contributed by atoms with Crippen molar-refractivity contribution in [1.82, 2.24) is 19.3 Å². The van der Waals surface area contributed by atoms with E-state index in [-0.39, 0.29) is 11.5 Å². The summed E-state index contributed by atoms with van der Waals surface area (Å²) in [6, 6.07) is 35.7. The molecule has 0 fully saturated rings. The van der Waals surface area contributed by atoms with Gasteiger partial charge in [-0.3, -0.25) is 9.59 Å². The zero-order valence-corrected chi connectivity index (χ0v) is 21.6. The Labute approximate surface area is 230 Å². The maximum Gasteiger partial charge on any atom is 0.267 e. The average Bonchev–Trinajstić information content (AvgIpc) is 3.43. The Bertz CT molecular complexity index is 1900. The maximum absolute atomic E-state index is 13.7. The topological polar surface area (TPSA) is 85.4 Å². The summed E-state index contributed by atoms with van der Waals surface area (Å²) >= 11 is 0. The summed E-state index contributed by atoms with van der Waals surface area (Å²) in [6.07, 6.45) is 3.43. The van der Waals surface area contributed by atoms with E-state index in [0.29, 0.717) is 27.8 Å². The minimum absolute atomic E-state index is 0.0929. The molecule has 0 radical (unpaired) electrons. The van der Waals surface area contributed by atoms with E-state index >= 15 is 0 Å². The highest BCUT2D eigenvalue weighted by Crippen LogP contribution is 2.24. The van der Waals surface area contributed by atoms with Gasteiger partial charge in [-0.1, -0.05) is 78.9 Å². The lowest BCUT2D eigenvalue weighted by Gasteiger charge is -2.19. The van der Waals surface area contributed by atoms with Gasteiger partial charge >= 0.3 is 0 Å². The zero-order chi connectivity index (χ0) is 27.5. The van der Waals surface area contributed by atoms with Crippen molar-refractivity contribution < 1.29 is 4.79 Å². The summed E-state index contributed by atoms with van der Waals surface area (Å²) in [5.41, 5.74) is 3.92. The summed E-state index contributed by atoms with van der Waals surface area (Å²) in [7, 11) is 0. The van der Waals surface area contributed by atoms with Crippen LogP contribution in [-0.2, 0) is 4.79 Å². The van der Waals surface area contributed by atoms with Crippen LogP contribution >= 0.6 is 0 Å². The van der Waals surface area contributed by atoms with E-state index in [0.717, 1.165) is 16.3 Å². The number of hydrazone groups is 1. The third-order valence-electron chi connectivity index (χ3n) is 6.38. The molecule has 0 aliphatic heterocycles. The first kappa shape index (κ1) is 24.7. The Balaban J connectivity index is 1.52. The van der Waals surface area contributed by atoms with Gasteiger partial charge in [-0.25, -0.2) is 14.2 Å². The van der Waals surface area contributed by atoms with Crippen molar-refractivity contribution in [1.29, 1.82) is 0 Å². The Morgan fingerprint density at radius 1 is 0.800 bits per heavy atom. The van der Waals surface area contributed by atoms with Crippen molar-refractivity contribution in [2.45, 2.75) is 6.92 Å². The van der Waals surface area contributed by atoms with Gasteiger partial charge in [0.1, 0.15) is 5.69 Å². The highest BCUT2D eigenvalue weighted by Gasteiger charge is 2.21. The third-order valence-corrected chi connectivity index (χ3v) is 6.38. The SMILES string of the molecule is CC(=O)N(N=Cc1cn(-c2ccccc2)nc1-c1ccccc1)c1nc2ccccc2c(=O)n1-c1ccccc1. The predicted molar refractivity (Wildman–Crippen MR) is 157 cm³/mol. The van der Waals surface area contributed by atoms with Crippen LogP contribution in [0.5, 0.6) is 0 Å². The lowest BCUT2D eigenvalue weighted by atomic mass is 10.1. The molecule has 0 bridgehead atoms. The van der Waals surface area contributed by atoms with Crippen molar-refractivity contribution in [2.24, 2.45) is 5.10 Å². The highest BCUT2D eigenvalue weighted by molar-refractivity contribution is 5.95. The number of hydrogen-bond donors (Lipinski definition) is 0. The second-order valence-electron chi connectivity index (χ2n) is 9.06. The average molecular weight is 525 g/mol. The van der Waals surface area contributed by atoms with Crippen LogP contribution in [0.4, 0.5) is 5.95 Å². The molecule has 0 spiro atoms. The number of hydrogen-bond acceptors (Lipinski definition) is 5. The molecule has 0 N–H and O–H groups in total. The Morgan fingerprint density at radius 2 is 1.40 bits per heavy atom. The fourth-order valence-corrected chi connectivity index (χ4v) is 4.48. The smallest absolute Gasteiger partial charge is 0.267 e. The van der Waals surface area contributed by atoms with Crippen molar-refractivity contribution in [3.8, 4) is 22.6 Å². The van der Waals surface area contributed by atoms with E-state index in [1.807, 2.05) is 85.1 Å². The number of rotatable bonds is 6. The Hall–Kier alpha value is -5.63. The van der Waals surface area contributed by atoms with Crippen LogP contribution in [0, 0.1) is 0 Å². The molecule has 0 aliphatic carbocycles. The molecule has 2 aromatic heterocycles. The van der Waals surface area contributed by atoms with E-state index < -0.39 is 5.91 Å². The van der Waals surface area contributed by atoms with Crippen LogP contribution in [0.25, 0.3) is 33.5 Å². The molecule has 40 heavy (non-hydrogen) atoms. The number of para-hydroxylation sites is 3. The quantitative estimate of drug-likeness (QED) is 0.209. The second kappa shape index (κ2) is 10.6. The fourth-order valence-electron chi connectivity index (χ4n) is 4.48. The van der Waals surface area contributed by atoms with Gasteiger partial charge in [0.25, 0.3) is 5.56 Å². The van der Waals surface area contributed by atoms with Gasteiger partial charge < -0.3 is 0 Å². The minimum atomic E-state index is -0.403. The number of amides is 1. The molecule has 1 amide bonds. The predicted octanol–water partition coefficient (Wildman–Crippen LogP) is 5.63. The molecule has 8 nitrogen and oxygen atoms in total. The molecule has 0 atom stereocenters. The van der Waals surface area contributed by atoms with Gasteiger partial charge in [0.05, 0.1) is 28.5 Å². The van der Waals surface area contributed by atoms with Crippen LogP contribution in [0.2, 0.25) is 0 Å². The zero-order valence-electron chi connectivity index (χ0n) is 21.6. The third kappa shape index (κ3) is 4.69. The van der Waals surface area contributed by atoms with Gasteiger partial charge in [-0.05, 0) is 36.4 Å². The summed E-state index contributed by atoms with van der Waals surface area (Å²) in [5.74, 6) is -0.310. The van der Waals surface area contributed by atoms with E-state index in [1.165, 1.54) is 11.5 Å². The molecule has 6 rings (SSSR count). The first-order chi connectivity index (χ1) is 19.6. The Kier molecular flexibility index (Phi) is 6.56.